The number of morpholine rings is 1. The Labute approximate surface area is 173 Å². The van der Waals surface area contributed by atoms with E-state index in [-0.39, 0.29) is 17.5 Å². The van der Waals surface area contributed by atoms with Gasteiger partial charge in [-0.3, -0.25) is 9.59 Å². The molecule has 1 atom stereocenters. The zero-order valence-electron chi connectivity index (χ0n) is 16.2. The van der Waals surface area contributed by atoms with Crippen molar-refractivity contribution in [1.29, 1.82) is 0 Å². The summed E-state index contributed by atoms with van der Waals surface area (Å²) in [5.41, 5.74) is 6.60. The molecule has 7 heteroatoms. The van der Waals surface area contributed by atoms with Gasteiger partial charge < -0.3 is 15.4 Å². The minimum Gasteiger partial charge on any atom is -0.371 e. The van der Waals surface area contributed by atoms with Crippen LogP contribution in [-0.2, 0) is 9.53 Å². The van der Waals surface area contributed by atoms with Crippen molar-refractivity contribution >= 4 is 23.4 Å². The fraction of sp³-hybridized carbons (Fsp3) is 0.273. The maximum Gasteiger partial charge on any atom is 0.251 e. The molecule has 2 N–H and O–H groups in total. The van der Waals surface area contributed by atoms with E-state index in [4.69, 9.17) is 22.1 Å². The molecule has 1 aliphatic rings. The van der Waals surface area contributed by atoms with Gasteiger partial charge in [-0.2, -0.15) is 0 Å². The molecule has 0 radical (unpaired) electrons. The topological polar surface area (TPSA) is 72.6 Å². The molecule has 1 fully saturated rings. The number of hydrogen-bond acceptors (Lipinski definition) is 3. The van der Waals surface area contributed by atoms with Crippen LogP contribution in [0.3, 0.4) is 0 Å². The minimum atomic E-state index is -0.850. The summed E-state index contributed by atoms with van der Waals surface area (Å²) in [5.74, 6) is -1.74. The summed E-state index contributed by atoms with van der Waals surface area (Å²) in [6.07, 6.45) is 1.28. The van der Waals surface area contributed by atoms with E-state index in [1.165, 1.54) is 18.2 Å². The second-order valence-corrected chi connectivity index (χ2v) is 8.03. The van der Waals surface area contributed by atoms with Crippen molar-refractivity contribution in [2.45, 2.75) is 25.5 Å². The summed E-state index contributed by atoms with van der Waals surface area (Å²) in [6.45, 7) is 8.11. The first-order valence-corrected chi connectivity index (χ1v) is 9.46. The maximum atomic E-state index is 13.8. The molecule has 152 valence electrons. The molecule has 0 bridgehead atoms. The van der Waals surface area contributed by atoms with Crippen LogP contribution in [0.2, 0.25) is 5.02 Å². The summed E-state index contributed by atoms with van der Waals surface area (Å²) < 4.78 is 19.8. The van der Waals surface area contributed by atoms with Crippen molar-refractivity contribution in [2.75, 3.05) is 13.2 Å². The summed E-state index contributed by atoms with van der Waals surface area (Å²) in [7, 11) is 0. The Kier molecular flexibility index (Phi) is 5.78. The fourth-order valence-corrected chi connectivity index (χ4v) is 3.69. The van der Waals surface area contributed by atoms with Gasteiger partial charge in [-0.25, -0.2) is 4.39 Å². The Morgan fingerprint density at radius 3 is 2.66 bits per heavy atom. The van der Waals surface area contributed by atoms with Crippen LogP contribution in [0.4, 0.5) is 4.39 Å². The number of primary amides is 1. The third-order valence-electron chi connectivity index (χ3n) is 4.89. The third-order valence-corrected chi connectivity index (χ3v) is 5.11. The van der Waals surface area contributed by atoms with E-state index in [0.717, 1.165) is 5.56 Å². The predicted octanol–water partition coefficient (Wildman–Crippen LogP) is 4.11. The lowest BCUT2D eigenvalue weighted by molar-refractivity contribution is -0.151. The number of benzene rings is 2. The molecular weight excluding hydrogens is 395 g/mol. The minimum absolute atomic E-state index is 0.199. The molecule has 1 heterocycles. The van der Waals surface area contributed by atoms with Crippen molar-refractivity contribution in [3.8, 4) is 11.1 Å². The van der Waals surface area contributed by atoms with Gasteiger partial charge in [0.2, 0.25) is 5.91 Å². The van der Waals surface area contributed by atoms with Crippen LogP contribution in [0, 0.1) is 5.82 Å². The van der Waals surface area contributed by atoms with Crippen molar-refractivity contribution in [3.05, 3.63) is 71.0 Å². The van der Waals surface area contributed by atoms with Crippen molar-refractivity contribution in [2.24, 2.45) is 5.73 Å². The number of rotatable bonds is 4. The number of carbonyl (C=O) groups excluding carboxylic acids is 2. The van der Waals surface area contributed by atoms with Crippen molar-refractivity contribution in [1.82, 2.24) is 4.90 Å². The molecule has 5 nitrogen and oxygen atoms in total. The first-order chi connectivity index (χ1) is 13.6. The van der Waals surface area contributed by atoms with E-state index in [1.807, 2.05) is 19.9 Å². The van der Waals surface area contributed by atoms with Gasteiger partial charge in [-0.1, -0.05) is 24.2 Å². The Balaban J connectivity index is 2.05. The number of nitrogens with zero attached hydrogens (tertiary/aromatic N) is 1. The third kappa shape index (κ3) is 4.49. The molecule has 0 saturated carbocycles. The van der Waals surface area contributed by atoms with Crippen LogP contribution in [0.1, 0.15) is 35.8 Å². The number of amides is 2. The number of carbonyl (C=O) groups is 2. The van der Waals surface area contributed by atoms with Gasteiger partial charge in [0.15, 0.2) is 0 Å². The average molecular weight is 417 g/mol. The number of nitrogens with two attached hydrogens (primary N) is 1. The second-order valence-electron chi connectivity index (χ2n) is 7.59. The average Bonchev–Trinajstić information content (AvgIpc) is 2.66. The zero-order chi connectivity index (χ0) is 21.3. The fourth-order valence-electron chi connectivity index (χ4n) is 3.45. The zero-order valence-corrected chi connectivity index (χ0v) is 17.0. The van der Waals surface area contributed by atoms with Crippen LogP contribution < -0.4 is 5.73 Å². The smallest absolute Gasteiger partial charge is 0.251 e. The highest BCUT2D eigenvalue weighted by Gasteiger charge is 2.36. The Hall–Kier alpha value is -2.70. The Morgan fingerprint density at radius 2 is 2.00 bits per heavy atom. The van der Waals surface area contributed by atoms with Gasteiger partial charge in [0.05, 0.1) is 30.4 Å². The molecule has 0 spiro atoms. The molecular formula is C22H22ClFN2O3. The normalized spacial score (nSPS) is 18.3. The lowest BCUT2D eigenvalue weighted by Gasteiger charge is -2.43. The van der Waals surface area contributed by atoms with E-state index in [9.17, 15) is 14.0 Å². The lowest BCUT2D eigenvalue weighted by Crippen LogP contribution is -2.51. The van der Waals surface area contributed by atoms with E-state index in [1.54, 1.807) is 23.1 Å². The van der Waals surface area contributed by atoms with Gasteiger partial charge in [0, 0.05) is 5.02 Å². The summed E-state index contributed by atoms with van der Waals surface area (Å²) in [4.78, 5) is 25.6. The molecule has 0 unspecified atom stereocenters. The second kappa shape index (κ2) is 7.97. The molecule has 3 rings (SSSR count). The van der Waals surface area contributed by atoms with Crippen molar-refractivity contribution < 1.29 is 18.7 Å². The van der Waals surface area contributed by atoms with Gasteiger partial charge in [-0.15, -0.1) is 0 Å². The Morgan fingerprint density at radius 1 is 1.28 bits per heavy atom. The number of ether oxygens (including phenoxy) is 1. The summed E-state index contributed by atoms with van der Waals surface area (Å²) in [6, 6.07) is 9.08. The van der Waals surface area contributed by atoms with E-state index in [0.29, 0.717) is 29.3 Å². The first kappa shape index (κ1) is 21.0. The van der Waals surface area contributed by atoms with Crippen LogP contribution in [0.5, 0.6) is 0 Å². The molecule has 0 aliphatic carbocycles. The van der Waals surface area contributed by atoms with Gasteiger partial charge in [0.25, 0.3) is 5.91 Å². The molecule has 2 aromatic carbocycles. The van der Waals surface area contributed by atoms with Gasteiger partial charge in [-0.05, 0) is 66.9 Å². The SMILES string of the molecule is C=CC(=O)N1CC(C)(C)OC[C@H]1c1cc(Cl)cc(-c2ccc(F)c(C(N)=O)c2)c1. The summed E-state index contributed by atoms with van der Waals surface area (Å²) in [5, 5.41) is 0.443. The van der Waals surface area contributed by atoms with E-state index < -0.39 is 17.3 Å². The highest BCUT2D eigenvalue weighted by molar-refractivity contribution is 6.31. The van der Waals surface area contributed by atoms with Gasteiger partial charge >= 0.3 is 0 Å². The van der Waals surface area contributed by atoms with Crippen LogP contribution >= 0.6 is 11.6 Å². The first-order valence-electron chi connectivity index (χ1n) is 9.08. The highest BCUT2D eigenvalue weighted by atomic mass is 35.5. The Bertz CT molecular complexity index is 990. The quantitative estimate of drug-likeness (QED) is 0.762. The predicted molar refractivity (Wildman–Crippen MR) is 110 cm³/mol. The number of hydrogen-bond donors (Lipinski definition) is 1. The standard InChI is InChI=1S/C22H22ClFN2O3/c1-4-20(27)26-12-22(2,3)29-11-19(26)15-7-14(8-16(23)9-15)13-5-6-18(24)17(10-13)21(25)28/h4-10,19H,1,11-12H2,2-3H3,(H2,25,28)/t19-/m0/s1. The monoisotopic (exact) mass is 416 g/mol. The maximum absolute atomic E-state index is 13.8. The van der Waals surface area contributed by atoms with Crippen LogP contribution in [0.25, 0.3) is 11.1 Å². The van der Waals surface area contributed by atoms with Crippen LogP contribution in [-0.4, -0.2) is 35.5 Å². The van der Waals surface area contributed by atoms with E-state index in [2.05, 4.69) is 6.58 Å². The molecule has 29 heavy (non-hydrogen) atoms. The molecule has 1 saturated heterocycles. The summed E-state index contributed by atoms with van der Waals surface area (Å²) >= 11 is 6.34. The van der Waals surface area contributed by atoms with Gasteiger partial charge in [0.1, 0.15) is 5.82 Å². The molecule has 1 aliphatic heterocycles. The van der Waals surface area contributed by atoms with Crippen LogP contribution in [0.15, 0.2) is 49.1 Å². The van der Waals surface area contributed by atoms with E-state index >= 15 is 0 Å². The highest BCUT2D eigenvalue weighted by Crippen LogP contribution is 2.35. The lowest BCUT2D eigenvalue weighted by atomic mass is 9.95. The largest absolute Gasteiger partial charge is 0.371 e. The number of halogens is 2. The molecule has 0 aromatic heterocycles. The van der Waals surface area contributed by atoms with Crippen molar-refractivity contribution in [3.63, 3.8) is 0 Å². The molecule has 2 aromatic rings. The molecule has 2 amide bonds.